The molecule has 0 spiro atoms. The minimum atomic E-state index is -0.333. The molecule has 2 N–H and O–H groups in total. The lowest BCUT2D eigenvalue weighted by Gasteiger charge is -2.13. The molecule has 7 heteroatoms. The lowest BCUT2D eigenvalue weighted by Crippen LogP contribution is -2.34. The number of carbonyl (C=O) groups excluding carboxylic acids is 2. The molecule has 0 saturated carbocycles. The number of hydrogen-bond acceptors (Lipinski definition) is 5. The van der Waals surface area contributed by atoms with Crippen molar-refractivity contribution in [3.63, 3.8) is 0 Å². The smallest absolute Gasteiger partial charge is 0.234 e. The van der Waals surface area contributed by atoms with Gasteiger partial charge in [-0.1, -0.05) is 23.8 Å². The van der Waals surface area contributed by atoms with Crippen LogP contribution in [0.4, 0.5) is 5.69 Å². The van der Waals surface area contributed by atoms with Gasteiger partial charge in [-0.2, -0.15) is 0 Å². The van der Waals surface area contributed by atoms with Crippen LogP contribution in [0, 0.1) is 6.92 Å². The summed E-state index contributed by atoms with van der Waals surface area (Å²) in [6.07, 6.45) is 0. The van der Waals surface area contributed by atoms with E-state index < -0.39 is 0 Å². The van der Waals surface area contributed by atoms with Gasteiger partial charge in [0.15, 0.2) is 0 Å². The number of benzene rings is 2. The Balaban J connectivity index is 1.63. The minimum absolute atomic E-state index is 0.123. The zero-order valence-electron chi connectivity index (χ0n) is 16.4. The summed E-state index contributed by atoms with van der Waals surface area (Å²) in [6, 6.07) is 14.9. The third kappa shape index (κ3) is 7.52. The Morgan fingerprint density at radius 2 is 1.82 bits per heavy atom. The van der Waals surface area contributed by atoms with E-state index in [2.05, 4.69) is 10.6 Å². The highest BCUT2D eigenvalue weighted by molar-refractivity contribution is 8.01. The van der Waals surface area contributed by atoms with Crippen molar-refractivity contribution < 1.29 is 19.1 Å². The summed E-state index contributed by atoms with van der Waals surface area (Å²) in [6.45, 7) is 4.51. The van der Waals surface area contributed by atoms with Gasteiger partial charge in [0.25, 0.3) is 0 Å². The monoisotopic (exact) mass is 402 g/mol. The average molecular weight is 403 g/mol. The van der Waals surface area contributed by atoms with E-state index >= 15 is 0 Å². The topological polar surface area (TPSA) is 76.7 Å². The Morgan fingerprint density at radius 1 is 1.11 bits per heavy atom. The van der Waals surface area contributed by atoms with Crippen LogP contribution in [0.2, 0.25) is 0 Å². The molecule has 2 rings (SSSR count). The zero-order chi connectivity index (χ0) is 20.4. The minimum Gasteiger partial charge on any atom is -0.497 e. The van der Waals surface area contributed by atoms with Crippen molar-refractivity contribution in [2.24, 2.45) is 0 Å². The quantitative estimate of drug-likeness (QED) is 0.597. The van der Waals surface area contributed by atoms with Gasteiger partial charge in [-0.25, -0.2) is 0 Å². The molecule has 0 bridgehead atoms. The van der Waals surface area contributed by atoms with E-state index in [1.165, 1.54) is 11.8 Å². The first-order chi connectivity index (χ1) is 13.5. The number of amides is 2. The molecule has 0 radical (unpaired) electrons. The first-order valence-electron chi connectivity index (χ1n) is 9.00. The number of carbonyl (C=O) groups is 2. The number of hydrogen-bond donors (Lipinski definition) is 2. The van der Waals surface area contributed by atoms with Gasteiger partial charge in [0.05, 0.1) is 24.7 Å². The molecule has 28 heavy (non-hydrogen) atoms. The summed E-state index contributed by atoms with van der Waals surface area (Å²) in [5, 5.41) is 5.30. The maximum Gasteiger partial charge on any atom is 0.234 e. The van der Waals surface area contributed by atoms with Gasteiger partial charge < -0.3 is 20.1 Å². The number of methoxy groups -OCH3 is 1. The Hall–Kier alpha value is -2.67. The molecule has 0 aliphatic heterocycles. The first-order valence-corrected chi connectivity index (χ1v) is 10.1. The predicted molar refractivity (Wildman–Crippen MR) is 113 cm³/mol. The summed E-state index contributed by atoms with van der Waals surface area (Å²) < 4.78 is 10.7. The van der Waals surface area contributed by atoms with Gasteiger partial charge in [-0.3, -0.25) is 9.59 Å². The highest BCUT2D eigenvalue weighted by Crippen LogP contribution is 2.18. The van der Waals surface area contributed by atoms with Crippen LogP contribution in [0.1, 0.15) is 12.5 Å². The number of anilines is 1. The second-order valence-electron chi connectivity index (χ2n) is 6.19. The van der Waals surface area contributed by atoms with Crippen molar-refractivity contribution >= 4 is 29.3 Å². The molecular weight excluding hydrogens is 376 g/mol. The molecule has 2 aromatic rings. The Labute approximate surface area is 170 Å². The molecule has 1 atom stereocenters. The second kappa shape index (κ2) is 11.2. The highest BCUT2D eigenvalue weighted by Gasteiger charge is 2.15. The van der Waals surface area contributed by atoms with E-state index in [0.717, 1.165) is 17.0 Å². The number of aryl methyl sites for hydroxylation is 1. The molecular formula is C21H26N2O4S. The maximum atomic E-state index is 12.1. The van der Waals surface area contributed by atoms with Crippen molar-refractivity contribution in [3.05, 3.63) is 54.1 Å². The maximum absolute atomic E-state index is 12.1. The number of ether oxygens (including phenoxy) is 2. The van der Waals surface area contributed by atoms with Gasteiger partial charge in [-0.15, -0.1) is 11.8 Å². The molecule has 0 saturated heterocycles. The molecule has 0 heterocycles. The summed E-state index contributed by atoms with van der Waals surface area (Å²) in [5.74, 6) is 1.36. The van der Waals surface area contributed by atoms with Crippen molar-refractivity contribution in [2.75, 3.05) is 31.3 Å². The van der Waals surface area contributed by atoms with Crippen LogP contribution in [-0.2, 0) is 9.59 Å². The van der Waals surface area contributed by atoms with Crippen molar-refractivity contribution in [2.45, 2.75) is 19.1 Å². The molecule has 1 unspecified atom stereocenters. The number of nitrogens with one attached hydrogen (secondary N) is 2. The van der Waals surface area contributed by atoms with Gasteiger partial charge in [0.2, 0.25) is 11.8 Å². The van der Waals surface area contributed by atoms with Gasteiger partial charge in [-0.05, 0) is 38.1 Å². The molecule has 6 nitrogen and oxygen atoms in total. The average Bonchev–Trinajstić information content (AvgIpc) is 2.71. The van der Waals surface area contributed by atoms with E-state index in [0.29, 0.717) is 18.9 Å². The van der Waals surface area contributed by atoms with Crippen molar-refractivity contribution in [1.82, 2.24) is 5.32 Å². The lowest BCUT2D eigenvalue weighted by molar-refractivity contribution is -0.120. The van der Waals surface area contributed by atoms with Crippen LogP contribution in [0.25, 0.3) is 0 Å². The largest absolute Gasteiger partial charge is 0.497 e. The van der Waals surface area contributed by atoms with Crippen LogP contribution in [-0.4, -0.2) is 43.1 Å². The third-order valence-corrected chi connectivity index (χ3v) is 5.02. The summed E-state index contributed by atoms with van der Waals surface area (Å²) in [4.78, 5) is 24.1. The molecule has 2 aromatic carbocycles. The van der Waals surface area contributed by atoms with Crippen LogP contribution in [0.15, 0.2) is 48.5 Å². The first kappa shape index (κ1) is 21.6. The van der Waals surface area contributed by atoms with Crippen LogP contribution in [0.3, 0.4) is 0 Å². The van der Waals surface area contributed by atoms with Crippen molar-refractivity contribution in [1.29, 1.82) is 0 Å². The van der Waals surface area contributed by atoms with Crippen LogP contribution in [0.5, 0.6) is 11.5 Å². The molecule has 0 aromatic heterocycles. The molecule has 0 aliphatic rings. The summed E-state index contributed by atoms with van der Waals surface area (Å²) in [5.41, 5.74) is 1.89. The van der Waals surface area contributed by atoms with Crippen molar-refractivity contribution in [3.8, 4) is 11.5 Å². The van der Waals surface area contributed by atoms with E-state index in [-0.39, 0.29) is 22.8 Å². The second-order valence-corrected chi connectivity index (χ2v) is 7.52. The van der Waals surface area contributed by atoms with E-state index in [9.17, 15) is 9.59 Å². The van der Waals surface area contributed by atoms with Gasteiger partial charge in [0.1, 0.15) is 18.1 Å². The zero-order valence-corrected chi connectivity index (χ0v) is 17.2. The third-order valence-electron chi connectivity index (χ3n) is 3.88. The number of thioether (sulfide) groups is 1. The van der Waals surface area contributed by atoms with Crippen LogP contribution >= 0.6 is 11.8 Å². The van der Waals surface area contributed by atoms with E-state index in [1.807, 2.05) is 49.4 Å². The van der Waals surface area contributed by atoms with Gasteiger partial charge >= 0.3 is 0 Å². The van der Waals surface area contributed by atoms with Gasteiger partial charge in [0, 0.05) is 11.8 Å². The molecule has 150 valence electrons. The van der Waals surface area contributed by atoms with Crippen LogP contribution < -0.4 is 20.1 Å². The predicted octanol–water partition coefficient (Wildman–Crippen LogP) is 3.26. The Kier molecular flexibility index (Phi) is 8.68. The summed E-state index contributed by atoms with van der Waals surface area (Å²) in [7, 11) is 1.60. The van der Waals surface area contributed by atoms with E-state index in [1.54, 1.807) is 20.1 Å². The standard InChI is InChI=1S/C21H26N2O4S/c1-15-7-9-17(10-8-15)23-20(24)14-28-16(2)21(25)22-11-12-27-19-6-4-5-18(13-19)26-3/h4-10,13,16H,11-12,14H2,1-3H3,(H,22,25)(H,23,24). The SMILES string of the molecule is COc1cccc(OCCNC(=O)C(C)SCC(=O)Nc2ccc(C)cc2)c1. The fraction of sp³-hybridized carbons (Fsp3) is 0.333. The number of rotatable bonds is 10. The Morgan fingerprint density at radius 3 is 2.54 bits per heavy atom. The van der Waals surface area contributed by atoms with E-state index in [4.69, 9.17) is 9.47 Å². The fourth-order valence-electron chi connectivity index (χ4n) is 2.29. The molecule has 0 fully saturated rings. The fourth-order valence-corrected chi connectivity index (χ4v) is 3.00. The molecule has 2 amide bonds. The lowest BCUT2D eigenvalue weighted by atomic mass is 10.2. The Bertz CT molecular complexity index is 780. The summed E-state index contributed by atoms with van der Waals surface area (Å²) >= 11 is 1.29. The highest BCUT2D eigenvalue weighted by atomic mass is 32.2. The molecule has 0 aliphatic carbocycles. The normalized spacial score (nSPS) is 11.4.